The number of benzene rings is 4. The van der Waals surface area contributed by atoms with Crippen LogP contribution in [-0.4, -0.2) is 28.8 Å². The van der Waals surface area contributed by atoms with Crippen molar-refractivity contribution in [2.75, 3.05) is 6.61 Å². The van der Waals surface area contributed by atoms with E-state index in [0.29, 0.717) is 36.3 Å². The van der Waals surface area contributed by atoms with E-state index in [-0.39, 0.29) is 11.8 Å². The van der Waals surface area contributed by atoms with Gasteiger partial charge < -0.3 is 19.6 Å². The summed E-state index contributed by atoms with van der Waals surface area (Å²) in [6, 6.07) is 24.1. The average Bonchev–Trinajstić information content (AvgIpc) is 3.26. The van der Waals surface area contributed by atoms with Gasteiger partial charge >= 0.3 is 5.97 Å². The second kappa shape index (κ2) is 10.3. The first kappa shape index (κ1) is 24.4. The lowest BCUT2D eigenvalue weighted by Gasteiger charge is -2.15. The number of carboxylic acids is 1. The Morgan fingerprint density at radius 1 is 0.919 bits per heavy atom. The van der Waals surface area contributed by atoms with Crippen molar-refractivity contribution in [3.8, 4) is 22.6 Å². The summed E-state index contributed by atoms with van der Waals surface area (Å²) in [5.41, 5.74) is 3.02. The molecule has 1 heterocycles. The molecule has 0 unspecified atom stereocenters. The van der Waals surface area contributed by atoms with Crippen molar-refractivity contribution >= 4 is 27.6 Å². The number of halogens is 1. The topological polar surface area (TPSA) is 71.6 Å². The number of nitrogens with one attached hydrogen (secondary N) is 1. The number of aromatic amines is 1. The number of para-hydroxylation sites is 1. The maximum absolute atomic E-state index is 14.0. The van der Waals surface area contributed by atoms with Crippen molar-refractivity contribution in [1.82, 2.24) is 4.98 Å². The third-order valence-corrected chi connectivity index (χ3v) is 6.33. The Balaban J connectivity index is 1.44. The van der Waals surface area contributed by atoms with Crippen LogP contribution in [0, 0.1) is 5.82 Å². The van der Waals surface area contributed by atoms with Crippen LogP contribution in [0.15, 0.2) is 78.9 Å². The number of ether oxygens (including phenoxy) is 2. The first-order chi connectivity index (χ1) is 17.9. The van der Waals surface area contributed by atoms with Crippen molar-refractivity contribution in [3.05, 3.63) is 95.9 Å². The van der Waals surface area contributed by atoms with E-state index in [0.717, 1.165) is 33.0 Å². The van der Waals surface area contributed by atoms with Crippen LogP contribution in [0.4, 0.5) is 4.39 Å². The number of aromatic carboxylic acids is 1. The highest BCUT2D eigenvalue weighted by atomic mass is 19.1. The standard InChI is InChI=1S/C31H28FNO4/c1-19(2)37-28-18-21(32)15-16-23(28)24-11-6-12-25-26(30(31(34)35)33-29(24)25)13-7-17-36-27-14-5-9-20-8-3-4-10-22(20)27/h3-6,8-12,14-16,18-19,33H,7,13,17H2,1-2H3,(H,34,35). The third-order valence-electron chi connectivity index (χ3n) is 6.33. The second-order valence-corrected chi connectivity index (χ2v) is 9.25. The molecule has 0 saturated heterocycles. The molecule has 0 fully saturated rings. The molecule has 188 valence electrons. The molecule has 1 aromatic heterocycles. The molecule has 0 aliphatic rings. The molecule has 0 bridgehead atoms. The SMILES string of the molecule is CC(C)Oc1cc(F)ccc1-c1cccc2c(CCCOc3cccc4ccccc34)c(C(=O)O)[nH]c12. The second-order valence-electron chi connectivity index (χ2n) is 9.25. The monoisotopic (exact) mass is 497 g/mol. The predicted molar refractivity (Wildman–Crippen MR) is 144 cm³/mol. The predicted octanol–water partition coefficient (Wildman–Crippen LogP) is 7.62. The van der Waals surface area contributed by atoms with Crippen molar-refractivity contribution < 1.29 is 23.8 Å². The molecular formula is C31H28FNO4. The van der Waals surface area contributed by atoms with Gasteiger partial charge in [-0.3, -0.25) is 0 Å². The van der Waals surface area contributed by atoms with Gasteiger partial charge in [0.1, 0.15) is 23.0 Å². The van der Waals surface area contributed by atoms with Crippen molar-refractivity contribution in [1.29, 1.82) is 0 Å². The minimum Gasteiger partial charge on any atom is -0.493 e. The third kappa shape index (κ3) is 5.00. The molecule has 0 aliphatic heterocycles. The molecule has 5 aromatic rings. The van der Waals surface area contributed by atoms with Gasteiger partial charge in [-0.15, -0.1) is 0 Å². The Labute approximate surface area is 214 Å². The Kier molecular flexibility index (Phi) is 6.82. The normalized spacial score (nSPS) is 11.4. The lowest BCUT2D eigenvalue weighted by molar-refractivity contribution is 0.0690. The van der Waals surface area contributed by atoms with E-state index < -0.39 is 11.8 Å². The zero-order valence-electron chi connectivity index (χ0n) is 20.8. The summed E-state index contributed by atoms with van der Waals surface area (Å²) in [7, 11) is 0. The number of aryl methyl sites for hydroxylation is 1. The summed E-state index contributed by atoms with van der Waals surface area (Å²) in [6.07, 6.45) is 1.02. The summed E-state index contributed by atoms with van der Waals surface area (Å²) in [5.74, 6) is -0.188. The van der Waals surface area contributed by atoms with E-state index >= 15 is 0 Å². The molecule has 0 saturated carbocycles. The highest BCUT2D eigenvalue weighted by molar-refractivity contribution is 6.03. The number of carboxylic acid groups (broad SMARTS) is 1. The summed E-state index contributed by atoms with van der Waals surface area (Å²) in [5, 5.41) is 12.9. The number of carbonyl (C=O) groups is 1. The van der Waals surface area contributed by atoms with Crippen molar-refractivity contribution in [2.24, 2.45) is 0 Å². The Bertz CT molecular complexity index is 1580. The van der Waals surface area contributed by atoms with E-state index in [1.165, 1.54) is 12.1 Å². The molecule has 0 atom stereocenters. The zero-order chi connectivity index (χ0) is 25.9. The van der Waals surface area contributed by atoms with E-state index in [1.54, 1.807) is 6.07 Å². The summed E-state index contributed by atoms with van der Waals surface area (Å²) < 4.78 is 26.0. The van der Waals surface area contributed by atoms with Crippen LogP contribution >= 0.6 is 0 Å². The van der Waals surface area contributed by atoms with Gasteiger partial charge in [0.2, 0.25) is 0 Å². The molecule has 0 radical (unpaired) electrons. The van der Waals surface area contributed by atoms with Crippen molar-refractivity contribution in [2.45, 2.75) is 32.8 Å². The molecule has 37 heavy (non-hydrogen) atoms. The Hall–Kier alpha value is -4.32. The van der Waals surface area contributed by atoms with Crippen LogP contribution in [0.3, 0.4) is 0 Å². The van der Waals surface area contributed by atoms with Crippen LogP contribution < -0.4 is 9.47 Å². The maximum atomic E-state index is 14.0. The molecular weight excluding hydrogens is 469 g/mol. The molecule has 5 rings (SSSR count). The highest BCUT2D eigenvalue weighted by Crippen LogP contribution is 2.38. The number of rotatable bonds is 9. The molecule has 2 N–H and O–H groups in total. The van der Waals surface area contributed by atoms with Crippen LogP contribution in [0.2, 0.25) is 0 Å². The van der Waals surface area contributed by atoms with E-state index in [1.807, 2.05) is 74.5 Å². The van der Waals surface area contributed by atoms with Gasteiger partial charge in [-0.05, 0) is 55.8 Å². The maximum Gasteiger partial charge on any atom is 0.352 e. The first-order valence-corrected chi connectivity index (χ1v) is 12.4. The van der Waals surface area contributed by atoms with Gasteiger partial charge in [0.15, 0.2) is 0 Å². The average molecular weight is 498 g/mol. The van der Waals surface area contributed by atoms with Crippen LogP contribution in [-0.2, 0) is 6.42 Å². The molecule has 4 aromatic carbocycles. The lowest BCUT2D eigenvalue weighted by Crippen LogP contribution is -2.06. The number of aromatic nitrogens is 1. The van der Waals surface area contributed by atoms with E-state index in [2.05, 4.69) is 4.98 Å². The fourth-order valence-corrected chi connectivity index (χ4v) is 4.76. The van der Waals surface area contributed by atoms with Gasteiger partial charge in [-0.2, -0.15) is 0 Å². The van der Waals surface area contributed by atoms with Gasteiger partial charge in [-0.1, -0.05) is 54.6 Å². The van der Waals surface area contributed by atoms with Gasteiger partial charge in [0.25, 0.3) is 0 Å². The molecule has 6 heteroatoms. The fourth-order valence-electron chi connectivity index (χ4n) is 4.76. The van der Waals surface area contributed by atoms with Crippen LogP contribution in [0.5, 0.6) is 11.5 Å². The number of fused-ring (bicyclic) bond motifs is 2. The van der Waals surface area contributed by atoms with Crippen molar-refractivity contribution in [3.63, 3.8) is 0 Å². The largest absolute Gasteiger partial charge is 0.493 e. The van der Waals surface area contributed by atoms with Crippen LogP contribution in [0.1, 0.15) is 36.3 Å². The Morgan fingerprint density at radius 2 is 1.68 bits per heavy atom. The number of hydrogen-bond acceptors (Lipinski definition) is 3. The highest BCUT2D eigenvalue weighted by Gasteiger charge is 2.21. The van der Waals surface area contributed by atoms with Gasteiger partial charge in [0, 0.05) is 28.0 Å². The van der Waals surface area contributed by atoms with Crippen LogP contribution in [0.25, 0.3) is 32.8 Å². The summed E-state index contributed by atoms with van der Waals surface area (Å²) in [4.78, 5) is 15.3. The smallest absolute Gasteiger partial charge is 0.352 e. The fraction of sp³-hybridized carbons (Fsp3) is 0.194. The van der Waals surface area contributed by atoms with E-state index in [9.17, 15) is 14.3 Å². The first-order valence-electron chi connectivity index (χ1n) is 12.4. The minimum atomic E-state index is -1.02. The summed E-state index contributed by atoms with van der Waals surface area (Å²) >= 11 is 0. The molecule has 5 nitrogen and oxygen atoms in total. The quantitative estimate of drug-likeness (QED) is 0.205. The number of hydrogen-bond donors (Lipinski definition) is 2. The minimum absolute atomic E-state index is 0.143. The van der Waals surface area contributed by atoms with Gasteiger partial charge in [-0.25, -0.2) is 9.18 Å². The number of H-pyrrole nitrogens is 1. The molecule has 0 spiro atoms. The molecule has 0 aliphatic carbocycles. The lowest BCUT2D eigenvalue weighted by atomic mass is 9.99. The summed E-state index contributed by atoms with van der Waals surface area (Å²) in [6.45, 7) is 4.21. The van der Waals surface area contributed by atoms with Gasteiger partial charge in [0.05, 0.1) is 18.2 Å². The molecule has 0 amide bonds. The Morgan fingerprint density at radius 3 is 2.49 bits per heavy atom. The van der Waals surface area contributed by atoms with E-state index in [4.69, 9.17) is 9.47 Å². The zero-order valence-corrected chi connectivity index (χ0v) is 20.8.